The van der Waals surface area contributed by atoms with Gasteiger partial charge in [0.25, 0.3) is 0 Å². The van der Waals surface area contributed by atoms with Crippen LogP contribution < -0.4 is 4.74 Å². The van der Waals surface area contributed by atoms with Crippen molar-refractivity contribution in [3.63, 3.8) is 0 Å². The van der Waals surface area contributed by atoms with Gasteiger partial charge in [-0.05, 0) is 72.2 Å². The Hall–Kier alpha value is -1.80. The second kappa shape index (κ2) is 4.95. The number of fused-ring (bicyclic) bond motifs is 1. The molecule has 0 aromatic heterocycles. The third-order valence-electron chi connectivity index (χ3n) is 4.25. The first-order valence-corrected chi connectivity index (χ1v) is 7.07. The first kappa shape index (κ1) is 13.2. The molecule has 1 N–H and O–H groups in total. The second-order valence-corrected chi connectivity index (χ2v) is 5.56. The van der Waals surface area contributed by atoms with Crippen LogP contribution in [0.3, 0.4) is 0 Å². The summed E-state index contributed by atoms with van der Waals surface area (Å²) in [5.41, 5.74) is 7.37. The molecule has 0 saturated heterocycles. The third-order valence-corrected chi connectivity index (χ3v) is 4.25. The first-order valence-electron chi connectivity index (χ1n) is 7.07. The predicted molar refractivity (Wildman–Crippen MR) is 81.2 cm³/mol. The molecule has 2 nitrogen and oxygen atoms in total. The molecule has 0 spiro atoms. The highest BCUT2D eigenvalue weighted by atomic mass is 16.5. The summed E-state index contributed by atoms with van der Waals surface area (Å²) in [5.74, 6) is 0.899. The van der Waals surface area contributed by atoms with Gasteiger partial charge in [0.2, 0.25) is 0 Å². The maximum atomic E-state index is 10.1. The van der Waals surface area contributed by atoms with E-state index in [4.69, 9.17) is 4.74 Å². The van der Waals surface area contributed by atoms with Crippen molar-refractivity contribution in [1.29, 1.82) is 0 Å². The van der Waals surface area contributed by atoms with E-state index in [9.17, 15) is 5.11 Å². The van der Waals surface area contributed by atoms with Gasteiger partial charge >= 0.3 is 0 Å². The number of hydrogen-bond acceptors (Lipinski definition) is 2. The molecule has 2 aromatic carbocycles. The third kappa shape index (κ3) is 2.01. The average molecular weight is 268 g/mol. The molecule has 1 aliphatic rings. The Morgan fingerprint density at radius 1 is 1.15 bits per heavy atom. The molecule has 3 rings (SSSR count). The fraction of sp³-hybridized carbons (Fsp3) is 0.333. The van der Waals surface area contributed by atoms with Crippen molar-refractivity contribution in [2.75, 3.05) is 7.11 Å². The second-order valence-electron chi connectivity index (χ2n) is 5.56. The van der Waals surface area contributed by atoms with Crippen molar-refractivity contribution in [2.24, 2.45) is 0 Å². The van der Waals surface area contributed by atoms with Gasteiger partial charge in [0, 0.05) is 0 Å². The van der Waals surface area contributed by atoms with Gasteiger partial charge in [-0.25, -0.2) is 0 Å². The summed E-state index contributed by atoms with van der Waals surface area (Å²) in [6.45, 7) is 4.24. The molecule has 2 heteroatoms. The van der Waals surface area contributed by atoms with E-state index in [1.807, 2.05) is 12.1 Å². The molecular formula is C18H20O2. The van der Waals surface area contributed by atoms with E-state index in [1.54, 1.807) is 7.11 Å². The van der Waals surface area contributed by atoms with Gasteiger partial charge in [0.15, 0.2) is 0 Å². The number of rotatable bonds is 2. The summed E-state index contributed by atoms with van der Waals surface area (Å²) in [7, 11) is 1.70. The standard InChI is InChI=1S/C18H20O2/c1-11-9-13(20-3)10-12(2)18(11)16-6-4-5-15-14(16)7-8-17(15)19/h4-6,9-10,17,19H,7-8H2,1-3H3. The highest BCUT2D eigenvalue weighted by Crippen LogP contribution is 2.40. The largest absolute Gasteiger partial charge is 0.497 e. The molecule has 0 radical (unpaired) electrons. The van der Waals surface area contributed by atoms with Crippen molar-refractivity contribution >= 4 is 0 Å². The van der Waals surface area contributed by atoms with Crippen molar-refractivity contribution in [2.45, 2.75) is 32.8 Å². The van der Waals surface area contributed by atoms with Crippen LogP contribution in [0, 0.1) is 13.8 Å². The molecule has 0 amide bonds. The maximum Gasteiger partial charge on any atom is 0.119 e. The molecule has 0 saturated carbocycles. The minimum absolute atomic E-state index is 0.302. The molecule has 2 aromatic rings. The van der Waals surface area contributed by atoms with Crippen molar-refractivity contribution < 1.29 is 9.84 Å². The minimum Gasteiger partial charge on any atom is -0.497 e. The number of hydrogen-bond donors (Lipinski definition) is 1. The normalized spacial score (nSPS) is 17.1. The van der Waals surface area contributed by atoms with Gasteiger partial charge < -0.3 is 9.84 Å². The zero-order chi connectivity index (χ0) is 14.3. The Morgan fingerprint density at radius 3 is 2.50 bits per heavy atom. The van der Waals surface area contributed by atoms with E-state index < -0.39 is 0 Å². The highest BCUT2D eigenvalue weighted by molar-refractivity contribution is 5.76. The molecule has 0 heterocycles. The summed E-state index contributed by atoms with van der Waals surface area (Å²) < 4.78 is 5.34. The molecule has 0 aliphatic heterocycles. The lowest BCUT2D eigenvalue weighted by molar-refractivity contribution is 0.180. The monoisotopic (exact) mass is 268 g/mol. The lowest BCUT2D eigenvalue weighted by Gasteiger charge is -2.16. The average Bonchev–Trinajstić information content (AvgIpc) is 2.81. The smallest absolute Gasteiger partial charge is 0.119 e. The lowest BCUT2D eigenvalue weighted by Crippen LogP contribution is -1.96. The predicted octanol–water partition coefficient (Wildman–Crippen LogP) is 3.96. The lowest BCUT2D eigenvalue weighted by atomic mass is 9.90. The van der Waals surface area contributed by atoms with Gasteiger partial charge in [-0.15, -0.1) is 0 Å². The molecule has 20 heavy (non-hydrogen) atoms. The van der Waals surface area contributed by atoms with E-state index in [-0.39, 0.29) is 6.10 Å². The number of methoxy groups -OCH3 is 1. The van der Waals surface area contributed by atoms with Crippen LogP contribution in [0.15, 0.2) is 30.3 Å². The Bertz CT molecular complexity index is 635. The van der Waals surface area contributed by atoms with Crippen LogP contribution in [-0.2, 0) is 6.42 Å². The Balaban J connectivity index is 2.20. The zero-order valence-corrected chi connectivity index (χ0v) is 12.2. The van der Waals surface area contributed by atoms with E-state index >= 15 is 0 Å². The Kier molecular flexibility index (Phi) is 3.27. The summed E-state index contributed by atoms with van der Waals surface area (Å²) in [6, 6.07) is 10.4. The molecule has 0 fully saturated rings. The molecule has 1 aliphatic carbocycles. The van der Waals surface area contributed by atoms with Crippen LogP contribution in [0.2, 0.25) is 0 Å². The van der Waals surface area contributed by atoms with E-state index in [2.05, 4.69) is 32.0 Å². The number of benzene rings is 2. The number of aliphatic hydroxyl groups excluding tert-OH is 1. The summed E-state index contributed by atoms with van der Waals surface area (Å²) in [5, 5.41) is 10.1. The van der Waals surface area contributed by atoms with Gasteiger partial charge in [-0.3, -0.25) is 0 Å². The van der Waals surface area contributed by atoms with Gasteiger partial charge in [-0.1, -0.05) is 18.2 Å². The minimum atomic E-state index is -0.302. The van der Waals surface area contributed by atoms with Gasteiger partial charge in [-0.2, -0.15) is 0 Å². The van der Waals surface area contributed by atoms with Crippen LogP contribution in [0.1, 0.15) is 34.8 Å². The first-order chi connectivity index (χ1) is 9.61. The quantitative estimate of drug-likeness (QED) is 0.893. The molecule has 0 bridgehead atoms. The molecule has 104 valence electrons. The number of aryl methyl sites for hydroxylation is 2. The number of ether oxygens (including phenoxy) is 1. The maximum absolute atomic E-state index is 10.1. The van der Waals surface area contributed by atoms with Crippen molar-refractivity contribution in [3.8, 4) is 16.9 Å². The summed E-state index contributed by atoms with van der Waals surface area (Å²) in [6.07, 6.45) is 1.49. The van der Waals surface area contributed by atoms with Crippen LogP contribution in [-0.4, -0.2) is 12.2 Å². The Labute approximate surface area is 120 Å². The van der Waals surface area contributed by atoms with Gasteiger partial charge in [0.1, 0.15) is 5.75 Å². The van der Waals surface area contributed by atoms with Crippen LogP contribution in [0.4, 0.5) is 0 Å². The van der Waals surface area contributed by atoms with Crippen molar-refractivity contribution in [3.05, 3.63) is 52.6 Å². The van der Waals surface area contributed by atoms with E-state index in [1.165, 1.54) is 27.8 Å². The molecular weight excluding hydrogens is 248 g/mol. The van der Waals surface area contributed by atoms with E-state index in [0.29, 0.717) is 0 Å². The van der Waals surface area contributed by atoms with Gasteiger partial charge in [0.05, 0.1) is 13.2 Å². The number of aliphatic hydroxyl groups is 1. The van der Waals surface area contributed by atoms with Crippen LogP contribution >= 0.6 is 0 Å². The van der Waals surface area contributed by atoms with E-state index in [0.717, 1.165) is 24.2 Å². The summed E-state index contributed by atoms with van der Waals surface area (Å²) >= 11 is 0. The molecule has 1 atom stereocenters. The topological polar surface area (TPSA) is 29.5 Å². The highest BCUT2D eigenvalue weighted by Gasteiger charge is 2.24. The zero-order valence-electron chi connectivity index (χ0n) is 12.2. The van der Waals surface area contributed by atoms with Crippen LogP contribution in [0.5, 0.6) is 5.75 Å². The Morgan fingerprint density at radius 2 is 1.85 bits per heavy atom. The SMILES string of the molecule is COc1cc(C)c(-c2cccc3c2CCC3O)c(C)c1. The molecule has 1 unspecified atom stereocenters. The fourth-order valence-electron chi connectivity index (χ4n) is 3.33. The van der Waals surface area contributed by atoms with Crippen LogP contribution in [0.25, 0.3) is 11.1 Å². The summed E-state index contributed by atoms with van der Waals surface area (Å²) in [4.78, 5) is 0. The van der Waals surface area contributed by atoms with Crippen molar-refractivity contribution in [1.82, 2.24) is 0 Å². The fourth-order valence-corrected chi connectivity index (χ4v) is 3.33.